The van der Waals surface area contributed by atoms with Crippen LogP contribution in [-0.4, -0.2) is 0 Å². The lowest BCUT2D eigenvalue weighted by atomic mass is 9.92. The SMILES string of the molecule is FC1=Cc2cc(F)cc3cccc(c23)C1. The molecule has 1 aliphatic rings. The molecule has 2 aromatic carbocycles. The van der Waals surface area contributed by atoms with Crippen molar-refractivity contribution in [2.45, 2.75) is 6.42 Å². The highest BCUT2D eigenvalue weighted by atomic mass is 19.1. The van der Waals surface area contributed by atoms with E-state index in [2.05, 4.69) is 0 Å². The van der Waals surface area contributed by atoms with E-state index < -0.39 is 0 Å². The maximum atomic E-state index is 13.3. The molecule has 2 heteroatoms. The highest BCUT2D eigenvalue weighted by Gasteiger charge is 2.13. The quantitative estimate of drug-likeness (QED) is 0.608. The van der Waals surface area contributed by atoms with Gasteiger partial charge in [0, 0.05) is 6.42 Å². The molecule has 0 nitrogen and oxygen atoms in total. The summed E-state index contributed by atoms with van der Waals surface area (Å²) >= 11 is 0. The van der Waals surface area contributed by atoms with Gasteiger partial charge in [-0.05, 0) is 40.1 Å². The predicted molar refractivity (Wildman–Crippen MR) is 56.7 cm³/mol. The Bertz CT molecular complexity index is 582. The lowest BCUT2D eigenvalue weighted by Crippen LogP contribution is -1.96. The first-order valence-corrected chi connectivity index (χ1v) is 4.81. The van der Waals surface area contributed by atoms with Crippen molar-refractivity contribution >= 4 is 16.8 Å². The third kappa shape index (κ3) is 1.25. The Morgan fingerprint density at radius 2 is 1.93 bits per heavy atom. The molecule has 0 N–H and O–H groups in total. The van der Waals surface area contributed by atoms with E-state index in [0.29, 0.717) is 12.0 Å². The molecule has 0 saturated carbocycles. The Kier molecular flexibility index (Phi) is 1.66. The largest absolute Gasteiger partial charge is 0.211 e. The summed E-state index contributed by atoms with van der Waals surface area (Å²) in [6.45, 7) is 0. The standard InChI is InChI=1S/C13H8F2/c14-11-4-8-2-1-3-9-5-12(15)7-10(6-11)13(8)9/h1-4,6-7H,5H2. The molecule has 0 aliphatic heterocycles. The Morgan fingerprint density at radius 1 is 1.07 bits per heavy atom. The summed E-state index contributed by atoms with van der Waals surface area (Å²) in [4.78, 5) is 0. The smallest absolute Gasteiger partial charge is 0.124 e. The summed E-state index contributed by atoms with van der Waals surface area (Å²) < 4.78 is 26.5. The van der Waals surface area contributed by atoms with Crippen molar-refractivity contribution in [3.8, 4) is 0 Å². The molecule has 0 fully saturated rings. The molecule has 0 bridgehead atoms. The number of rotatable bonds is 0. The summed E-state index contributed by atoms with van der Waals surface area (Å²) in [5.41, 5.74) is 1.58. The molecular formula is C13H8F2. The topological polar surface area (TPSA) is 0 Å². The molecular weight excluding hydrogens is 194 g/mol. The Hall–Kier alpha value is -1.70. The lowest BCUT2D eigenvalue weighted by molar-refractivity contribution is 0.617. The number of hydrogen-bond acceptors (Lipinski definition) is 0. The average Bonchev–Trinajstić information content (AvgIpc) is 2.16. The minimum Gasteiger partial charge on any atom is -0.211 e. The van der Waals surface area contributed by atoms with Crippen LogP contribution in [-0.2, 0) is 6.42 Å². The first-order chi connectivity index (χ1) is 7.24. The van der Waals surface area contributed by atoms with Crippen molar-refractivity contribution in [1.29, 1.82) is 0 Å². The number of allylic oxidation sites excluding steroid dienone is 1. The fourth-order valence-corrected chi connectivity index (χ4v) is 2.17. The van der Waals surface area contributed by atoms with Crippen LogP contribution in [0.3, 0.4) is 0 Å². The van der Waals surface area contributed by atoms with Gasteiger partial charge in [0.2, 0.25) is 0 Å². The average molecular weight is 202 g/mol. The van der Waals surface area contributed by atoms with E-state index in [9.17, 15) is 8.78 Å². The van der Waals surface area contributed by atoms with E-state index in [1.165, 1.54) is 18.2 Å². The van der Waals surface area contributed by atoms with Crippen LogP contribution in [0.15, 0.2) is 36.2 Å². The van der Waals surface area contributed by atoms with Crippen LogP contribution in [0.2, 0.25) is 0 Å². The van der Waals surface area contributed by atoms with E-state index in [4.69, 9.17) is 0 Å². The van der Waals surface area contributed by atoms with Crippen LogP contribution in [0, 0.1) is 5.82 Å². The summed E-state index contributed by atoms with van der Waals surface area (Å²) in [6.07, 6.45) is 1.73. The molecule has 3 rings (SSSR count). The molecule has 0 aromatic heterocycles. The molecule has 0 saturated heterocycles. The normalized spacial score (nSPS) is 14.1. The van der Waals surface area contributed by atoms with Crippen LogP contribution in [0.1, 0.15) is 11.1 Å². The zero-order valence-corrected chi connectivity index (χ0v) is 7.93. The highest BCUT2D eigenvalue weighted by Crippen LogP contribution is 2.32. The van der Waals surface area contributed by atoms with Gasteiger partial charge in [0.1, 0.15) is 11.6 Å². The van der Waals surface area contributed by atoms with Gasteiger partial charge in [-0.25, -0.2) is 8.78 Å². The first kappa shape index (κ1) is 8.60. The first-order valence-electron chi connectivity index (χ1n) is 4.81. The third-order valence-electron chi connectivity index (χ3n) is 2.73. The van der Waals surface area contributed by atoms with Crippen LogP contribution >= 0.6 is 0 Å². The van der Waals surface area contributed by atoms with Crippen LogP contribution in [0.4, 0.5) is 8.78 Å². The van der Waals surface area contributed by atoms with Crippen LogP contribution < -0.4 is 0 Å². The minimum absolute atomic E-state index is 0.208. The maximum Gasteiger partial charge on any atom is 0.124 e. The van der Waals surface area contributed by atoms with E-state index in [1.807, 2.05) is 18.2 Å². The Labute approximate surface area is 85.8 Å². The second-order valence-electron chi connectivity index (χ2n) is 3.78. The summed E-state index contributed by atoms with van der Waals surface area (Å²) in [5, 5.41) is 1.81. The second-order valence-corrected chi connectivity index (χ2v) is 3.78. The minimum atomic E-state index is -0.319. The van der Waals surface area contributed by atoms with E-state index in [1.54, 1.807) is 0 Å². The number of hydrogen-bond donors (Lipinski definition) is 0. The molecule has 15 heavy (non-hydrogen) atoms. The van der Waals surface area contributed by atoms with Gasteiger partial charge in [0.15, 0.2) is 0 Å². The van der Waals surface area contributed by atoms with Crippen molar-refractivity contribution in [1.82, 2.24) is 0 Å². The van der Waals surface area contributed by atoms with Gasteiger partial charge in [-0.3, -0.25) is 0 Å². The predicted octanol–water partition coefficient (Wildman–Crippen LogP) is 3.85. The molecule has 0 unspecified atom stereocenters. The van der Waals surface area contributed by atoms with Gasteiger partial charge in [0.05, 0.1) is 0 Å². The van der Waals surface area contributed by atoms with Crippen LogP contribution in [0.25, 0.3) is 16.8 Å². The van der Waals surface area contributed by atoms with Crippen molar-refractivity contribution in [3.05, 3.63) is 53.1 Å². The molecule has 74 valence electrons. The van der Waals surface area contributed by atoms with Gasteiger partial charge >= 0.3 is 0 Å². The Balaban J connectivity index is 2.49. The van der Waals surface area contributed by atoms with E-state index in [0.717, 1.165) is 16.3 Å². The molecule has 0 radical (unpaired) electrons. The zero-order chi connectivity index (χ0) is 10.4. The molecule has 0 heterocycles. The van der Waals surface area contributed by atoms with Gasteiger partial charge in [-0.2, -0.15) is 0 Å². The van der Waals surface area contributed by atoms with Crippen molar-refractivity contribution < 1.29 is 8.78 Å². The number of halogens is 2. The maximum absolute atomic E-state index is 13.3. The molecule has 0 atom stereocenters. The summed E-state index contributed by atoms with van der Waals surface area (Å²) in [7, 11) is 0. The fourth-order valence-electron chi connectivity index (χ4n) is 2.17. The third-order valence-corrected chi connectivity index (χ3v) is 2.73. The molecule has 2 aromatic rings. The zero-order valence-electron chi connectivity index (χ0n) is 7.93. The Morgan fingerprint density at radius 3 is 2.80 bits per heavy atom. The molecule has 1 aliphatic carbocycles. The van der Waals surface area contributed by atoms with Crippen molar-refractivity contribution in [3.63, 3.8) is 0 Å². The lowest BCUT2D eigenvalue weighted by Gasteiger charge is -2.13. The molecule has 0 spiro atoms. The highest BCUT2D eigenvalue weighted by molar-refractivity contribution is 5.95. The van der Waals surface area contributed by atoms with E-state index >= 15 is 0 Å². The number of benzene rings is 2. The van der Waals surface area contributed by atoms with Gasteiger partial charge < -0.3 is 0 Å². The summed E-state index contributed by atoms with van der Waals surface area (Å²) in [6, 6.07) is 8.43. The molecule has 0 amide bonds. The second kappa shape index (κ2) is 2.89. The van der Waals surface area contributed by atoms with Crippen molar-refractivity contribution in [2.24, 2.45) is 0 Å². The fraction of sp³-hybridized carbons (Fsp3) is 0.0769. The van der Waals surface area contributed by atoms with Gasteiger partial charge in [-0.1, -0.05) is 18.2 Å². The van der Waals surface area contributed by atoms with Gasteiger partial charge in [0.25, 0.3) is 0 Å². The van der Waals surface area contributed by atoms with E-state index in [-0.39, 0.29) is 11.6 Å². The van der Waals surface area contributed by atoms with Gasteiger partial charge in [-0.15, -0.1) is 0 Å². The monoisotopic (exact) mass is 202 g/mol. The van der Waals surface area contributed by atoms with Crippen LogP contribution in [0.5, 0.6) is 0 Å². The van der Waals surface area contributed by atoms with Crippen molar-refractivity contribution in [2.75, 3.05) is 0 Å². The summed E-state index contributed by atoms with van der Waals surface area (Å²) in [5.74, 6) is -0.527.